The molecule has 194 valence electrons. The molecule has 3 heterocycles. The van der Waals surface area contributed by atoms with Crippen LogP contribution in [0.3, 0.4) is 0 Å². The fraction of sp³-hybridized carbons (Fsp3) is 0.385. The van der Waals surface area contributed by atoms with Gasteiger partial charge in [-0.05, 0) is 43.5 Å². The number of nitrogens with zero attached hydrogens (tertiary/aromatic N) is 4. The maximum atomic E-state index is 13.3. The van der Waals surface area contributed by atoms with Gasteiger partial charge < -0.3 is 9.64 Å². The highest BCUT2D eigenvalue weighted by atomic mass is 35.5. The summed E-state index contributed by atoms with van der Waals surface area (Å²) in [4.78, 5) is 27.6. The van der Waals surface area contributed by atoms with Crippen molar-refractivity contribution in [1.82, 2.24) is 19.9 Å². The zero-order chi connectivity index (χ0) is 26.3. The lowest BCUT2D eigenvalue weighted by molar-refractivity contribution is -0.137. The number of aromatic nitrogens is 3. The third kappa shape index (κ3) is 5.67. The molecule has 1 aromatic carbocycles. The molecule has 2 fully saturated rings. The molecule has 2 aliphatic rings. The van der Waals surface area contributed by atoms with Crippen LogP contribution in [0.2, 0.25) is 10.0 Å². The number of benzene rings is 1. The van der Waals surface area contributed by atoms with Gasteiger partial charge in [0.25, 0.3) is 5.91 Å². The lowest BCUT2D eigenvalue weighted by atomic mass is 9.86. The molecule has 1 aliphatic carbocycles. The number of ether oxygens (including phenoxy) is 1. The highest BCUT2D eigenvalue weighted by molar-refractivity contribution is 6.42. The molecule has 11 heteroatoms. The lowest BCUT2D eigenvalue weighted by Crippen LogP contribution is -2.32. The summed E-state index contributed by atoms with van der Waals surface area (Å²) in [5.74, 6) is 0.663. The maximum absolute atomic E-state index is 13.3. The van der Waals surface area contributed by atoms with Crippen LogP contribution in [-0.4, -0.2) is 45.0 Å². The Morgan fingerprint density at radius 2 is 1.76 bits per heavy atom. The largest absolute Gasteiger partial charge is 0.474 e. The molecule has 0 spiro atoms. The van der Waals surface area contributed by atoms with Gasteiger partial charge in [-0.15, -0.1) is 0 Å². The Labute approximate surface area is 221 Å². The van der Waals surface area contributed by atoms with Crippen LogP contribution in [0, 0.1) is 5.92 Å². The topological polar surface area (TPSA) is 68.2 Å². The quantitative estimate of drug-likeness (QED) is 0.355. The summed E-state index contributed by atoms with van der Waals surface area (Å²) in [6.45, 7) is 2.56. The fourth-order valence-corrected chi connectivity index (χ4v) is 4.95. The summed E-state index contributed by atoms with van der Waals surface area (Å²) in [5.41, 5.74) is 0.426. The van der Waals surface area contributed by atoms with Crippen molar-refractivity contribution in [3.63, 3.8) is 0 Å². The second-order valence-corrected chi connectivity index (χ2v) is 10.3. The van der Waals surface area contributed by atoms with Crippen LogP contribution in [-0.2, 0) is 6.18 Å². The van der Waals surface area contributed by atoms with Gasteiger partial charge in [0.2, 0.25) is 5.88 Å². The van der Waals surface area contributed by atoms with Crippen molar-refractivity contribution in [2.24, 2.45) is 5.92 Å². The SMILES string of the molecule is CC(Oc1ccc(C(F)(F)F)cn1)C1CN(C(=O)c2cnc(C3CC3)nc2)CC1c1ccc(Cl)c(Cl)c1. The number of pyridine rings is 1. The Hall–Kier alpha value is -2.91. The van der Waals surface area contributed by atoms with E-state index in [9.17, 15) is 18.0 Å². The summed E-state index contributed by atoms with van der Waals surface area (Å²) in [6, 6.07) is 7.46. The van der Waals surface area contributed by atoms with E-state index in [0.29, 0.717) is 34.6 Å². The number of carbonyl (C=O) groups excluding carboxylic acids is 1. The standard InChI is InChI=1S/C26H23Cl2F3N4O2/c1-14(37-23-7-5-18(11-32-23)26(29,30)31)19-12-35(13-20(19)16-4-6-21(27)22(28)8-16)25(36)17-9-33-24(34-10-17)15-2-3-15/h4-11,14-15,19-20H,2-3,12-13H2,1H3. The van der Waals surface area contributed by atoms with Crippen LogP contribution in [0.5, 0.6) is 5.88 Å². The van der Waals surface area contributed by atoms with E-state index in [1.807, 2.05) is 13.0 Å². The van der Waals surface area contributed by atoms with Crippen LogP contribution in [0.1, 0.15) is 58.9 Å². The van der Waals surface area contributed by atoms with Gasteiger partial charge in [-0.2, -0.15) is 13.2 Å². The maximum Gasteiger partial charge on any atom is 0.417 e. The molecule has 3 unspecified atom stereocenters. The van der Waals surface area contributed by atoms with Gasteiger partial charge in [-0.25, -0.2) is 15.0 Å². The first-order chi connectivity index (χ1) is 17.6. The number of likely N-dealkylation sites (tertiary alicyclic amines) is 1. The van der Waals surface area contributed by atoms with Gasteiger partial charge in [0.1, 0.15) is 11.9 Å². The van der Waals surface area contributed by atoms with Crippen LogP contribution < -0.4 is 4.74 Å². The molecule has 0 bridgehead atoms. The molecule has 1 saturated heterocycles. The van der Waals surface area contributed by atoms with Gasteiger partial charge in [0.05, 0.1) is 21.2 Å². The van der Waals surface area contributed by atoms with Crippen LogP contribution in [0.15, 0.2) is 48.9 Å². The Balaban J connectivity index is 1.37. The molecule has 3 atom stereocenters. The molecule has 1 amide bonds. The fourth-order valence-electron chi connectivity index (χ4n) is 4.65. The minimum absolute atomic E-state index is 0.0715. The summed E-state index contributed by atoms with van der Waals surface area (Å²) >= 11 is 12.4. The zero-order valence-electron chi connectivity index (χ0n) is 19.8. The number of carbonyl (C=O) groups is 1. The molecule has 5 rings (SSSR count). The molecular formula is C26H23Cl2F3N4O2. The van der Waals surface area contributed by atoms with Crippen molar-refractivity contribution in [3.05, 3.63) is 81.5 Å². The first-order valence-electron chi connectivity index (χ1n) is 11.9. The van der Waals surface area contributed by atoms with Gasteiger partial charge in [0, 0.05) is 55.5 Å². The highest BCUT2D eigenvalue weighted by Gasteiger charge is 2.41. The molecule has 0 radical (unpaired) electrons. The van der Waals surface area contributed by atoms with E-state index in [-0.39, 0.29) is 23.6 Å². The number of rotatable bonds is 6. The van der Waals surface area contributed by atoms with Crippen molar-refractivity contribution in [2.75, 3.05) is 13.1 Å². The molecule has 1 aliphatic heterocycles. The van der Waals surface area contributed by atoms with Crippen LogP contribution in [0.4, 0.5) is 13.2 Å². The second kappa shape index (κ2) is 10.1. The Morgan fingerprint density at radius 3 is 2.35 bits per heavy atom. The lowest BCUT2D eigenvalue weighted by Gasteiger charge is -2.25. The third-order valence-corrected chi connectivity index (χ3v) is 7.60. The number of hydrogen-bond donors (Lipinski definition) is 0. The van der Waals surface area contributed by atoms with Crippen LogP contribution in [0.25, 0.3) is 0 Å². The smallest absolute Gasteiger partial charge is 0.417 e. The molecule has 6 nitrogen and oxygen atoms in total. The summed E-state index contributed by atoms with van der Waals surface area (Å²) in [7, 11) is 0. The second-order valence-electron chi connectivity index (χ2n) is 9.46. The Bertz CT molecular complexity index is 1280. The van der Waals surface area contributed by atoms with Crippen LogP contribution >= 0.6 is 23.2 Å². The summed E-state index contributed by atoms with van der Waals surface area (Å²) in [6.07, 6.45) is 1.05. The Kier molecular flexibility index (Phi) is 7.02. The Morgan fingerprint density at radius 1 is 1.03 bits per heavy atom. The monoisotopic (exact) mass is 550 g/mol. The average Bonchev–Trinajstić information content (AvgIpc) is 3.63. The number of hydrogen-bond acceptors (Lipinski definition) is 5. The molecule has 0 N–H and O–H groups in total. The number of alkyl halides is 3. The van der Waals surface area contributed by atoms with E-state index < -0.39 is 17.8 Å². The average molecular weight is 551 g/mol. The predicted octanol–water partition coefficient (Wildman–Crippen LogP) is 6.40. The summed E-state index contributed by atoms with van der Waals surface area (Å²) in [5, 5.41) is 0.809. The van der Waals surface area contributed by atoms with Crippen molar-refractivity contribution in [2.45, 2.75) is 43.9 Å². The van der Waals surface area contributed by atoms with E-state index >= 15 is 0 Å². The molecule has 2 aromatic heterocycles. The highest BCUT2D eigenvalue weighted by Crippen LogP contribution is 2.40. The van der Waals surface area contributed by atoms with Crippen molar-refractivity contribution < 1.29 is 22.7 Å². The van der Waals surface area contributed by atoms with Crippen molar-refractivity contribution >= 4 is 29.1 Å². The van der Waals surface area contributed by atoms with E-state index in [2.05, 4.69) is 15.0 Å². The van der Waals surface area contributed by atoms with Crippen molar-refractivity contribution in [3.8, 4) is 5.88 Å². The van der Waals surface area contributed by atoms with E-state index in [1.54, 1.807) is 29.4 Å². The van der Waals surface area contributed by atoms with Gasteiger partial charge >= 0.3 is 6.18 Å². The normalized spacial score (nSPS) is 20.6. The van der Waals surface area contributed by atoms with Gasteiger partial charge in [0.15, 0.2) is 0 Å². The number of halogens is 5. The number of amides is 1. The molecule has 3 aromatic rings. The van der Waals surface area contributed by atoms with E-state index in [4.69, 9.17) is 27.9 Å². The predicted molar refractivity (Wildman–Crippen MR) is 132 cm³/mol. The van der Waals surface area contributed by atoms with E-state index in [1.165, 1.54) is 6.07 Å². The van der Waals surface area contributed by atoms with E-state index in [0.717, 1.165) is 36.5 Å². The first kappa shape index (κ1) is 25.7. The minimum Gasteiger partial charge on any atom is -0.474 e. The minimum atomic E-state index is -4.48. The zero-order valence-corrected chi connectivity index (χ0v) is 21.3. The van der Waals surface area contributed by atoms with Gasteiger partial charge in [-0.3, -0.25) is 4.79 Å². The first-order valence-corrected chi connectivity index (χ1v) is 12.6. The van der Waals surface area contributed by atoms with Gasteiger partial charge in [-0.1, -0.05) is 29.3 Å². The molecular weight excluding hydrogens is 528 g/mol. The summed E-state index contributed by atoms with van der Waals surface area (Å²) < 4.78 is 44.7. The van der Waals surface area contributed by atoms with Crippen molar-refractivity contribution in [1.29, 1.82) is 0 Å². The molecule has 37 heavy (non-hydrogen) atoms. The third-order valence-electron chi connectivity index (χ3n) is 6.86. The molecule has 1 saturated carbocycles.